The Morgan fingerprint density at radius 3 is 2.40 bits per heavy atom. The van der Waals surface area contributed by atoms with Crippen molar-refractivity contribution < 1.29 is 9.47 Å². The average molecular weight is 421 g/mol. The Balaban J connectivity index is 2.50. The fourth-order valence-electron chi connectivity index (χ4n) is 2.02. The number of hydrogen-bond donors (Lipinski definition) is 1. The van der Waals surface area contributed by atoms with E-state index in [4.69, 9.17) is 9.47 Å². The van der Waals surface area contributed by atoms with Crippen LogP contribution in [-0.2, 0) is 0 Å². The Kier molecular flexibility index (Phi) is 5.49. The van der Waals surface area contributed by atoms with E-state index in [9.17, 15) is 0 Å². The van der Waals surface area contributed by atoms with Crippen LogP contribution in [0.1, 0.15) is 16.5 Å². The SMILES string of the molecule is CNC(c1cc(Br)c(Br)s1)c1cc(OC)ccc1OC. The number of halogens is 2. The molecule has 0 fully saturated rings. The third-order valence-corrected chi connectivity index (χ3v) is 6.31. The van der Waals surface area contributed by atoms with Gasteiger partial charge in [0.1, 0.15) is 11.5 Å². The Bertz CT molecular complexity index is 581. The molecule has 0 radical (unpaired) electrons. The van der Waals surface area contributed by atoms with Gasteiger partial charge in [0.05, 0.1) is 24.0 Å². The fourth-order valence-corrected chi connectivity index (χ4v) is 4.24. The Morgan fingerprint density at radius 1 is 1.15 bits per heavy atom. The van der Waals surface area contributed by atoms with E-state index in [0.717, 1.165) is 25.3 Å². The van der Waals surface area contributed by atoms with Crippen LogP contribution in [0.4, 0.5) is 0 Å². The van der Waals surface area contributed by atoms with E-state index >= 15 is 0 Å². The molecule has 20 heavy (non-hydrogen) atoms. The number of benzene rings is 1. The van der Waals surface area contributed by atoms with Crippen molar-refractivity contribution in [2.75, 3.05) is 21.3 Å². The van der Waals surface area contributed by atoms with E-state index in [-0.39, 0.29) is 6.04 Å². The summed E-state index contributed by atoms with van der Waals surface area (Å²) in [5.41, 5.74) is 1.05. The van der Waals surface area contributed by atoms with Crippen LogP contribution in [0.5, 0.6) is 11.5 Å². The zero-order chi connectivity index (χ0) is 14.7. The largest absolute Gasteiger partial charge is 0.497 e. The van der Waals surface area contributed by atoms with Gasteiger partial charge in [-0.05, 0) is 63.2 Å². The van der Waals surface area contributed by atoms with Crippen LogP contribution in [0.15, 0.2) is 32.5 Å². The molecule has 108 valence electrons. The van der Waals surface area contributed by atoms with Crippen LogP contribution in [-0.4, -0.2) is 21.3 Å². The summed E-state index contributed by atoms with van der Waals surface area (Å²) in [5.74, 6) is 1.65. The van der Waals surface area contributed by atoms with Gasteiger partial charge in [0.2, 0.25) is 0 Å². The van der Waals surface area contributed by atoms with E-state index in [1.54, 1.807) is 25.6 Å². The third kappa shape index (κ3) is 3.19. The zero-order valence-electron chi connectivity index (χ0n) is 11.4. The number of ether oxygens (including phenoxy) is 2. The van der Waals surface area contributed by atoms with Gasteiger partial charge in [-0.15, -0.1) is 11.3 Å². The Morgan fingerprint density at radius 2 is 1.90 bits per heavy atom. The Hall–Kier alpha value is -0.560. The zero-order valence-corrected chi connectivity index (χ0v) is 15.4. The van der Waals surface area contributed by atoms with Gasteiger partial charge in [0.15, 0.2) is 0 Å². The van der Waals surface area contributed by atoms with Gasteiger partial charge in [-0.2, -0.15) is 0 Å². The minimum atomic E-state index is 0.0487. The molecule has 2 aromatic rings. The van der Waals surface area contributed by atoms with E-state index in [0.29, 0.717) is 0 Å². The summed E-state index contributed by atoms with van der Waals surface area (Å²) in [6, 6.07) is 7.98. The van der Waals surface area contributed by atoms with Crippen molar-refractivity contribution in [3.63, 3.8) is 0 Å². The van der Waals surface area contributed by atoms with E-state index in [1.165, 1.54) is 4.88 Å². The smallest absolute Gasteiger partial charge is 0.124 e. The second-order valence-electron chi connectivity index (χ2n) is 4.10. The number of nitrogens with one attached hydrogen (secondary N) is 1. The number of methoxy groups -OCH3 is 2. The molecule has 0 bridgehead atoms. The molecule has 3 nitrogen and oxygen atoms in total. The molecule has 6 heteroatoms. The predicted molar refractivity (Wildman–Crippen MR) is 90.2 cm³/mol. The maximum absolute atomic E-state index is 5.47. The van der Waals surface area contributed by atoms with E-state index in [2.05, 4.69) is 43.2 Å². The molecule has 0 aliphatic rings. The highest BCUT2D eigenvalue weighted by molar-refractivity contribution is 9.13. The minimum absolute atomic E-state index is 0.0487. The van der Waals surface area contributed by atoms with Gasteiger partial charge >= 0.3 is 0 Å². The lowest BCUT2D eigenvalue weighted by molar-refractivity contribution is 0.395. The van der Waals surface area contributed by atoms with Gasteiger partial charge in [0.25, 0.3) is 0 Å². The van der Waals surface area contributed by atoms with Gasteiger partial charge in [-0.3, -0.25) is 0 Å². The molecule has 0 saturated carbocycles. The van der Waals surface area contributed by atoms with Crippen molar-refractivity contribution in [3.05, 3.63) is 43.0 Å². The molecular formula is C14H15Br2NO2S. The highest BCUT2D eigenvalue weighted by Gasteiger charge is 2.20. The number of hydrogen-bond acceptors (Lipinski definition) is 4. The first-order valence-electron chi connectivity index (χ1n) is 5.94. The molecule has 0 aliphatic heterocycles. The lowest BCUT2D eigenvalue weighted by atomic mass is 10.0. The van der Waals surface area contributed by atoms with Crippen LogP contribution < -0.4 is 14.8 Å². The maximum atomic E-state index is 5.47. The molecule has 0 aliphatic carbocycles. The second-order valence-corrected chi connectivity index (χ2v) is 7.36. The van der Waals surface area contributed by atoms with Crippen molar-refractivity contribution in [2.45, 2.75) is 6.04 Å². The summed E-state index contributed by atoms with van der Waals surface area (Å²) in [6.45, 7) is 0. The maximum Gasteiger partial charge on any atom is 0.124 e. The minimum Gasteiger partial charge on any atom is -0.497 e. The molecule has 1 heterocycles. The van der Waals surface area contributed by atoms with Crippen molar-refractivity contribution in [1.82, 2.24) is 5.32 Å². The lowest BCUT2D eigenvalue weighted by Crippen LogP contribution is -2.17. The van der Waals surface area contributed by atoms with Crippen LogP contribution in [0, 0.1) is 0 Å². The topological polar surface area (TPSA) is 30.5 Å². The molecule has 1 aromatic carbocycles. The standard InChI is InChI=1S/C14H15Br2NO2S/c1-17-13(12-7-10(15)14(16)20-12)9-6-8(18-2)4-5-11(9)19-3/h4-7,13,17H,1-3H3. The summed E-state index contributed by atoms with van der Waals surface area (Å²) in [6.07, 6.45) is 0. The molecule has 1 aromatic heterocycles. The fraction of sp³-hybridized carbons (Fsp3) is 0.286. The highest BCUT2D eigenvalue weighted by Crippen LogP contribution is 2.40. The first kappa shape index (κ1) is 15.8. The first-order chi connectivity index (χ1) is 9.60. The van der Waals surface area contributed by atoms with Crippen molar-refractivity contribution in [1.29, 1.82) is 0 Å². The van der Waals surface area contributed by atoms with Gasteiger partial charge in [-0.1, -0.05) is 0 Å². The van der Waals surface area contributed by atoms with Gasteiger partial charge in [0, 0.05) is 14.9 Å². The highest BCUT2D eigenvalue weighted by atomic mass is 79.9. The predicted octanol–water partition coefficient (Wildman–Crippen LogP) is 4.60. The van der Waals surface area contributed by atoms with Crippen molar-refractivity contribution in [3.8, 4) is 11.5 Å². The van der Waals surface area contributed by atoms with Gasteiger partial charge < -0.3 is 14.8 Å². The van der Waals surface area contributed by atoms with Crippen molar-refractivity contribution >= 4 is 43.2 Å². The first-order valence-corrected chi connectivity index (χ1v) is 8.34. The summed E-state index contributed by atoms with van der Waals surface area (Å²) >= 11 is 8.75. The summed E-state index contributed by atoms with van der Waals surface area (Å²) in [7, 11) is 5.28. The summed E-state index contributed by atoms with van der Waals surface area (Å²) < 4.78 is 12.9. The van der Waals surface area contributed by atoms with E-state index < -0.39 is 0 Å². The number of thiophene rings is 1. The average Bonchev–Trinajstić information content (AvgIpc) is 2.79. The quantitative estimate of drug-likeness (QED) is 0.766. The Labute approximate surface area is 139 Å². The normalized spacial score (nSPS) is 12.2. The molecule has 0 spiro atoms. The molecule has 1 atom stereocenters. The van der Waals surface area contributed by atoms with Crippen LogP contribution in [0.25, 0.3) is 0 Å². The molecule has 2 rings (SSSR count). The van der Waals surface area contributed by atoms with Gasteiger partial charge in [-0.25, -0.2) is 0 Å². The summed E-state index contributed by atoms with van der Waals surface area (Å²) in [4.78, 5) is 1.19. The number of rotatable bonds is 5. The molecule has 1 N–H and O–H groups in total. The third-order valence-electron chi connectivity index (χ3n) is 2.99. The molecule has 1 unspecified atom stereocenters. The lowest BCUT2D eigenvalue weighted by Gasteiger charge is -2.19. The van der Waals surface area contributed by atoms with Crippen LogP contribution >= 0.6 is 43.2 Å². The monoisotopic (exact) mass is 419 g/mol. The van der Waals surface area contributed by atoms with E-state index in [1.807, 2.05) is 25.2 Å². The van der Waals surface area contributed by atoms with Crippen molar-refractivity contribution in [2.24, 2.45) is 0 Å². The second kappa shape index (κ2) is 6.93. The summed E-state index contributed by atoms with van der Waals surface area (Å²) in [5, 5.41) is 3.33. The molecule has 0 amide bonds. The molecular weight excluding hydrogens is 406 g/mol. The molecule has 0 saturated heterocycles. The van der Waals surface area contributed by atoms with Crippen LogP contribution in [0.2, 0.25) is 0 Å². The van der Waals surface area contributed by atoms with Crippen LogP contribution in [0.3, 0.4) is 0 Å².